The van der Waals surface area contributed by atoms with Crippen LogP contribution in [0.25, 0.3) is 0 Å². The number of imide groups is 1. The van der Waals surface area contributed by atoms with Crippen LogP contribution < -0.4 is 5.32 Å². The molecule has 0 aromatic heterocycles. The Hall–Kier alpha value is -2.08. The number of halogens is 1. The molecule has 2 heterocycles. The summed E-state index contributed by atoms with van der Waals surface area (Å²) in [5.41, 5.74) is 0.249. The number of carbonyl (C=O) groups is 3. The molecule has 4 amide bonds. The van der Waals surface area contributed by atoms with Gasteiger partial charge in [-0.15, -0.1) is 0 Å². The summed E-state index contributed by atoms with van der Waals surface area (Å²) in [6.07, 6.45) is 1.80. The first-order valence-corrected chi connectivity index (χ1v) is 8.80. The van der Waals surface area contributed by atoms with E-state index in [1.807, 2.05) is 24.3 Å². The molecule has 2 fully saturated rings. The van der Waals surface area contributed by atoms with Gasteiger partial charge in [-0.1, -0.05) is 23.7 Å². The zero-order chi connectivity index (χ0) is 18.2. The van der Waals surface area contributed by atoms with Gasteiger partial charge in [0.05, 0.1) is 0 Å². The van der Waals surface area contributed by atoms with Crippen LogP contribution in [0, 0.1) is 5.92 Å². The number of urea groups is 1. The molecule has 0 bridgehead atoms. The van der Waals surface area contributed by atoms with Gasteiger partial charge in [-0.3, -0.25) is 14.5 Å². The lowest BCUT2D eigenvalue weighted by atomic mass is 9.99. The third-order valence-corrected chi connectivity index (χ3v) is 5.07. The normalized spacial score (nSPS) is 22.4. The molecule has 1 atom stereocenters. The van der Waals surface area contributed by atoms with Gasteiger partial charge >= 0.3 is 6.03 Å². The molecule has 1 N–H and O–H groups in total. The molecule has 1 aromatic carbocycles. The number of carbonyl (C=O) groups excluding carboxylic acids is 3. The number of nitrogens with one attached hydrogen (secondary N) is 1. The van der Waals surface area contributed by atoms with E-state index in [2.05, 4.69) is 5.32 Å². The van der Waals surface area contributed by atoms with E-state index in [9.17, 15) is 14.4 Å². The first kappa shape index (κ1) is 17.7. The van der Waals surface area contributed by atoms with Crippen LogP contribution in [0.4, 0.5) is 4.79 Å². The minimum Gasteiger partial charge on any atom is -0.341 e. The SMILES string of the molecule is CC1(C)NC(=O)N(CC(=O)N2CCC(Cc3ccc(Cl)cc3)C2)C1=O. The number of amides is 4. The van der Waals surface area contributed by atoms with Crippen molar-refractivity contribution in [1.29, 1.82) is 0 Å². The van der Waals surface area contributed by atoms with Crippen LogP contribution in [-0.2, 0) is 16.0 Å². The highest BCUT2D eigenvalue weighted by atomic mass is 35.5. The summed E-state index contributed by atoms with van der Waals surface area (Å²) < 4.78 is 0. The maximum absolute atomic E-state index is 12.5. The Morgan fingerprint density at radius 2 is 1.96 bits per heavy atom. The van der Waals surface area contributed by atoms with Crippen molar-refractivity contribution in [3.8, 4) is 0 Å². The molecule has 3 rings (SSSR count). The van der Waals surface area contributed by atoms with Crippen LogP contribution in [-0.4, -0.2) is 52.8 Å². The van der Waals surface area contributed by atoms with Crippen LogP contribution in [0.2, 0.25) is 5.02 Å². The molecule has 134 valence electrons. The van der Waals surface area contributed by atoms with Crippen molar-refractivity contribution >= 4 is 29.4 Å². The topological polar surface area (TPSA) is 69.7 Å². The lowest BCUT2D eigenvalue weighted by molar-refractivity contribution is -0.138. The number of hydrogen-bond donors (Lipinski definition) is 1. The second kappa shape index (κ2) is 6.67. The smallest absolute Gasteiger partial charge is 0.325 e. The van der Waals surface area contributed by atoms with Gasteiger partial charge in [-0.25, -0.2) is 4.79 Å². The lowest BCUT2D eigenvalue weighted by Crippen LogP contribution is -2.44. The fourth-order valence-corrected chi connectivity index (χ4v) is 3.50. The number of rotatable bonds is 4. The van der Waals surface area contributed by atoms with E-state index >= 15 is 0 Å². The van der Waals surface area contributed by atoms with E-state index in [1.165, 1.54) is 5.56 Å². The molecule has 7 heteroatoms. The fraction of sp³-hybridized carbons (Fsp3) is 0.500. The highest BCUT2D eigenvalue weighted by Crippen LogP contribution is 2.23. The molecule has 1 unspecified atom stereocenters. The minimum absolute atomic E-state index is 0.181. The maximum atomic E-state index is 12.5. The quantitative estimate of drug-likeness (QED) is 0.832. The Morgan fingerprint density at radius 1 is 1.28 bits per heavy atom. The van der Waals surface area contributed by atoms with Crippen LogP contribution >= 0.6 is 11.6 Å². The Morgan fingerprint density at radius 3 is 2.56 bits per heavy atom. The van der Waals surface area contributed by atoms with Gasteiger partial charge in [0.25, 0.3) is 5.91 Å². The molecule has 2 saturated heterocycles. The van der Waals surface area contributed by atoms with E-state index < -0.39 is 11.6 Å². The van der Waals surface area contributed by atoms with E-state index in [1.54, 1.807) is 18.7 Å². The van der Waals surface area contributed by atoms with Crippen molar-refractivity contribution in [2.75, 3.05) is 19.6 Å². The first-order chi connectivity index (χ1) is 11.8. The summed E-state index contributed by atoms with van der Waals surface area (Å²) in [6, 6.07) is 7.24. The van der Waals surface area contributed by atoms with Crippen LogP contribution in [0.5, 0.6) is 0 Å². The predicted molar refractivity (Wildman–Crippen MR) is 94.2 cm³/mol. The molecule has 0 aliphatic carbocycles. The maximum Gasteiger partial charge on any atom is 0.325 e. The van der Waals surface area contributed by atoms with E-state index in [4.69, 9.17) is 11.6 Å². The molecule has 0 saturated carbocycles. The molecule has 0 spiro atoms. The van der Waals surface area contributed by atoms with Crippen molar-refractivity contribution < 1.29 is 14.4 Å². The highest BCUT2D eigenvalue weighted by Gasteiger charge is 2.45. The number of nitrogens with zero attached hydrogens (tertiary/aromatic N) is 2. The largest absolute Gasteiger partial charge is 0.341 e. The van der Waals surface area contributed by atoms with Gasteiger partial charge in [-0.05, 0) is 50.3 Å². The van der Waals surface area contributed by atoms with Crippen LogP contribution in [0.15, 0.2) is 24.3 Å². The highest BCUT2D eigenvalue weighted by molar-refractivity contribution is 6.30. The molecular formula is C18H22ClN3O3. The second-order valence-corrected chi connectivity index (χ2v) is 7.71. The zero-order valence-corrected chi connectivity index (χ0v) is 15.2. The summed E-state index contributed by atoms with van der Waals surface area (Å²) >= 11 is 5.90. The molecule has 0 radical (unpaired) electrons. The summed E-state index contributed by atoms with van der Waals surface area (Å²) in [6.45, 7) is 4.38. The van der Waals surface area contributed by atoms with Gasteiger partial charge in [0.15, 0.2) is 0 Å². The summed E-state index contributed by atoms with van der Waals surface area (Å²) in [5.74, 6) is -0.160. The average molecular weight is 364 g/mol. The van der Waals surface area contributed by atoms with Crippen molar-refractivity contribution in [1.82, 2.24) is 15.1 Å². The van der Waals surface area contributed by atoms with Gasteiger partial charge in [0.1, 0.15) is 12.1 Å². The van der Waals surface area contributed by atoms with E-state index in [-0.39, 0.29) is 18.4 Å². The summed E-state index contributed by atoms with van der Waals surface area (Å²) in [5, 5.41) is 3.30. The van der Waals surface area contributed by atoms with Crippen molar-refractivity contribution in [2.24, 2.45) is 5.92 Å². The summed E-state index contributed by atoms with van der Waals surface area (Å²) in [7, 11) is 0. The molecular weight excluding hydrogens is 342 g/mol. The third kappa shape index (κ3) is 3.79. The lowest BCUT2D eigenvalue weighted by Gasteiger charge is -2.20. The second-order valence-electron chi connectivity index (χ2n) is 7.27. The molecule has 25 heavy (non-hydrogen) atoms. The Balaban J connectivity index is 1.55. The monoisotopic (exact) mass is 363 g/mol. The van der Waals surface area contributed by atoms with Crippen LogP contribution in [0.3, 0.4) is 0 Å². The van der Waals surface area contributed by atoms with E-state index in [0.29, 0.717) is 24.0 Å². The van der Waals surface area contributed by atoms with Gasteiger partial charge in [0, 0.05) is 18.1 Å². The fourth-order valence-electron chi connectivity index (χ4n) is 3.38. The van der Waals surface area contributed by atoms with Crippen molar-refractivity contribution in [2.45, 2.75) is 32.2 Å². The summed E-state index contributed by atoms with van der Waals surface area (Å²) in [4.78, 5) is 39.3. The van der Waals surface area contributed by atoms with Gasteiger partial charge in [-0.2, -0.15) is 0 Å². The zero-order valence-electron chi connectivity index (χ0n) is 14.4. The minimum atomic E-state index is -0.945. The number of hydrogen-bond acceptors (Lipinski definition) is 3. The number of likely N-dealkylation sites (tertiary alicyclic amines) is 1. The van der Waals surface area contributed by atoms with Crippen molar-refractivity contribution in [3.63, 3.8) is 0 Å². The molecule has 6 nitrogen and oxygen atoms in total. The first-order valence-electron chi connectivity index (χ1n) is 8.42. The number of benzene rings is 1. The Bertz CT molecular complexity index is 702. The Labute approximate surface area is 152 Å². The molecule has 1 aromatic rings. The van der Waals surface area contributed by atoms with Gasteiger partial charge in [0.2, 0.25) is 5.91 Å². The van der Waals surface area contributed by atoms with Gasteiger partial charge < -0.3 is 10.2 Å². The average Bonchev–Trinajstić information content (AvgIpc) is 3.08. The molecule has 2 aliphatic rings. The third-order valence-electron chi connectivity index (χ3n) is 4.81. The Kier molecular flexibility index (Phi) is 4.73. The van der Waals surface area contributed by atoms with Crippen LogP contribution in [0.1, 0.15) is 25.8 Å². The van der Waals surface area contributed by atoms with E-state index in [0.717, 1.165) is 17.7 Å². The predicted octanol–water partition coefficient (Wildman–Crippen LogP) is 2.06. The van der Waals surface area contributed by atoms with Crippen molar-refractivity contribution in [3.05, 3.63) is 34.9 Å². The standard InChI is InChI=1S/C18H22ClN3O3/c1-18(2)16(24)22(17(25)20-18)11-15(23)21-8-7-13(10-21)9-12-3-5-14(19)6-4-12/h3-6,13H,7-11H2,1-2H3,(H,20,25). The molecule has 2 aliphatic heterocycles.